The maximum atomic E-state index is 13.1. The summed E-state index contributed by atoms with van der Waals surface area (Å²) in [5, 5.41) is 21.0. The van der Waals surface area contributed by atoms with Gasteiger partial charge in [-0.05, 0) is 49.7 Å². The third-order valence-corrected chi connectivity index (χ3v) is 4.97. The lowest BCUT2D eigenvalue weighted by Crippen LogP contribution is -2.56. The predicted molar refractivity (Wildman–Crippen MR) is 96.6 cm³/mol. The largest absolute Gasteiger partial charge is 0.458 e. The molecule has 1 aromatic carbocycles. The highest BCUT2D eigenvalue weighted by atomic mass is 32.1. The van der Waals surface area contributed by atoms with Gasteiger partial charge in [0.15, 0.2) is 11.9 Å². The van der Waals surface area contributed by atoms with Crippen LogP contribution < -0.4 is 4.90 Å². The minimum Gasteiger partial charge on any atom is -0.458 e. The molecular formula is C17H18F3N3O4S. The molecule has 11 heteroatoms. The van der Waals surface area contributed by atoms with Crippen molar-refractivity contribution in [2.75, 3.05) is 11.9 Å². The van der Waals surface area contributed by atoms with E-state index in [1.807, 2.05) is 0 Å². The van der Waals surface area contributed by atoms with Crippen LogP contribution >= 0.6 is 11.5 Å². The average Bonchev–Trinajstić information content (AvgIpc) is 3.00. The molecular weight excluding hydrogens is 399 g/mol. The molecule has 0 radical (unpaired) electrons. The Bertz CT molecular complexity index is 928. The van der Waals surface area contributed by atoms with Gasteiger partial charge < -0.3 is 19.8 Å². The lowest BCUT2D eigenvalue weighted by atomic mass is 10.1. The molecule has 2 heterocycles. The van der Waals surface area contributed by atoms with E-state index >= 15 is 0 Å². The Balaban J connectivity index is 2.02. The van der Waals surface area contributed by atoms with Crippen molar-refractivity contribution in [3.63, 3.8) is 0 Å². The topological polar surface area (TPSA) is 86.1 Å². The molecule has 152 valence electrons. The third-order valence-electron chi connectivity index (χ3n) is 4.15. The van der Waals surface area contributed by atoms with Crippen molar-refractivity contribution < 1.29 is 32.9 Å². The number of fused-ring (bicyclic) bond motifs is 1. The summed E-state index contributed by atoms with van der Waals surface area (Å²) in [6, 6.07) is 4.60. The molecule has 3 rings (SSSR count). The standard InChI is InChI=1S/C17H18F3N3O4S/c1-8(2)27-15(25)14-10-6-9(4-5-11(10)28-21-14)23-13(24)7-12(17(18,19)20)22(3)16(23)26/h4-8,13,16,24,26H,1-3H3. The molecule has 0 saturated carbocycles. The van der Waals surface area contributed by atoms with E-state index in [1.165, 1.54) is 12.1 Å². The van der Waals surface area contributed by atoms with E-state index in [2.05, 4.69) is 4.37 Å². The first-order valence-corrected chi connectivity index (χ1v) is 9.04. The van der Waals surface area contributed by atoms with Crippen molar-refractivity contribution in [1.29, 1.82) is 0 Å². The fraction of sp³-hybridized carbons (Fsp3) is 0.412. The van der Waals surface area contributed by atoms with Gasteiger partial charge in [-0.15, -0.1) is 0 Å². The minimum atomic E-state index is -4.72. The van der Waals surface area contributed by atoms with Crippen LogP contribution in [-0.4, -0.2) is 57.4 Å². The highest BCUT2D eigenvalue weighted by molar-refractivity contribution is 7.13. The van der Waals surface area contributed by atoms with Crippen molar-refractivity contribution >= 4 is 33.3 Å². The second-order valence-corrected chi connectivity index (χ2v) is 7.30. The Morgan fingerprint density at radius 2 is 2.00 bits per heavy atom. The van der Waals surface area contributed by atoms with Crippen molar-refractivity contribution in [3.05, 3.63) is 35.7 Å². The second-order valence-electron chi connectivity index (χ2n) is 6.49. The number of hydrogen-bond acceptors (Lipinski definition) is 8. The number of aromatic nitrogens is 1. The predicted octanol–water partition coefficient (Wildman–Crippen LogP) is 2.65. The lowest BCUT2D eigenvalue weighted by Gasteiger charge is -2.43. The normalized spacial score (nSPS) is 20.7. The number of rotatable bonds is 3. The number of alkyl halides is 3. The summed E-state index contributed by atoms with van der Waals surface area (Å²) < 4.78 is 49.1. The molecule has 0 bridgehead atoms. The average molecular weight is 417 g/mol. The fourth-order valence-corrected chi connectivity index (χ4v) is 3.62. The van der Waals surface area contributed by atoms with Crippen LogP contribution in [0.15, 0.2) is 30.0 Å². The van der Waals surface area contributed by atoms with Crippen molar-refractivity contribution in [3.8, 4) is 0 Å². The molecule has 1 aliphatic heterocycles. The first-order chi connectivity index (χ1) is 13.0. The summed E-state index contributed by atoms with van der Waals surface area (Å²) in [4.78, 5) is 13.8. The lowest BCUT2D eigenvalue weighted by molar-refractivity contribution is -0.133. The first-order valence-electron chi connectivity index (χ1n) is 8.27. The second kappa shape index (κ2) is 7.22. The molecule has 0 saturated heterocycles. The molecule has 2 aromatic rings. The summed E-state index contributed by atoms with van der Waals surface area (Å²) in [6.07, 6.45) is -7.96. The maximum absolute atomic E-state index is 13.1. The summed E-state index contributed by atoms with van der Waals surface area (Å²) in [6.45, 7) is 3.39. The molecule has 1 aliphatic rings. The molecule has 0 aliphatic carbocycles. The third kappa shape index (κ3) is 3.64. The van der Waals surface area contributed by atoms with Crippen LogP contribution in [0.4, 0.5) is 18.9 Å². The summed E-state index contributed by atoms with van der Waals surface area (Å²) in [5.74, 6) is -0.630. The zero-order valence-corrected chi connectivity index (χ0v) is 16.0. The van der Waals surface area contributed by atoms with Crippen LogP contribution in [0, 0.1) is 0 Å². The fourth-order valence-electron chi connectivity index (χ4n) is 2.87. The maximum Gasteiger partial charge on any atom is 0.431 e. The number of esters is 1. The van der Waals surface area contributed by atoms with Gasteiger partial charge in [-0.2, -0.15) is 17.5 Å². The van der Waals surface area contributed by atoms with Crippen LogP contribution in [0.1, 0.15) is 24.3 Å². The van der Waals surface area contributed by atoms with Crippen molar-refractivity contribution in [1.82, 2.24) is 9.27 Å². The SMILES string of the molecule is CC(C)OC(=O)c1nsc2ccc(N3C(O)C=C(C(F)(F)F)N(C)C3O)cc12. The molecule has 7 nitrogen and oxygen atoms in total. The van der Waals surface area contributed by atoms with Crippen LogP contribution in [0.5, 0.6) is 0 Å². The van der Waals surface area contributed by atoms with Gasteiger partial charge in [-0.25, -0.2) is 4.79 Å². The van der Waals surface area contributed by atoms with Gasteiger partial charge in [0.25, 0.3) is 0 Å². The van der Waals surface area contributed by atoms with E-state index in [9.17, 15) is 28.2 Å². The van der Waals surface area contributed by atoms with Gasteiger partial charge in [0.1, 0.15) is 5.70 Å². The Labute approximate surface area is 162 Å². The number of hydrogen-bond donors (Lipinski definition) is 2. The number of nitrogens with zero attached hydrogens (tertiary/aromatic N) is 3. The Hall–Kier alpha value is -2.37. The Morgan fingerprint density at radius 3 is 2.61 bits per heavy atom. The van der Waals surface area contributed by atoms with E-state index in [1.54, 1.807) is 19.9 Å². The number of carbonyl (C=O) groups is 1. The number of aliphatic hydroxyl groups is 2. The number of allylic oxidation sites excluding steroid dienone is 1. The molecule has 0 fully saturated rings. The summed E-state index contributed by atoms with van der Waals surface area (Å²) in [7, 11) is 1.07. The number of aliphatic hydroxyl groups excluding tert-OH is 2. The van der Waals surface area contributed by atoms with E-state index in [-0.39, 0.29) is 17.5 Å². The van der Waals surface area contributed by atoms with Gasteiger partial charge in [0.05, 0.1) is 10.8 Å². The van der Waals surface area contributed by atoms with Crippen LogP contribution in [-0.2, 0) is 4.74 Å². The zero-order valence-electron chi connectivity index (χ0n) is 15.1. The first kappa shape index (κ1) is 20.4. The zero-order chi connectivity index (χ0) is 20.8. The molecule has 2 atom stereocenters. The van der Waals surface area contributed by atoms with Crippen LogP contribution in [0.2, 0.25) is 0 Å². The van der Waals surface area contributed by atoms with Gasteiger partial charge in [-0.3, -0.25) is 4.90 Å². The van der Waals surface area contributed by atoms with E-state index in [0.717, 1.165) is 23.5 Å². The smallest absolute Gasteiger partial charge is 0.431 e. The highest BCUT2D eigenvalue weighted by Gasteiger charge is 2.44. The molecule has 1 aromatic heterocycles. The van der Waals surface area contributed by atoms with Crippen molar-refractivity contribution in [2.45, 2.75) is 38.7 Å². The van der Waals surface area contributed by atoms with E-state index in [4.69, 9.17) is 4.74 Å². The monoisotopic (exact) mass is 417 g/mol. The van der Waals surface area contributed by atoms with Gasteiger partial charge >= 0.3 is 12.1 Å². The minimum absolute atomic E-state index is 0.0661. The highest BCUT2D eigenvalue weighted by Crippen LogP contribution is 2.36. The van der Waals surface area contributed by atoms with Crippen LogP contribution in [0.3, 0.4) is 0 Å². The quantitative estimate of drug-likeness (QED) is 0.743. The van der Waals surface area contributed by atoms with Crippen molar-refractivity contribution in [2.24, 2.45) is 0 Å². The number of benzene rings is 1. The molecule has 0 spiro atoms. The molecule has 28 heavy (non-hydrogen) atoms. The van der Waals surface area contributed by atoms with Crippen LogP contribution in [0.25, 0.3) is 10.1 Å². The van der Waals surface area contributed by atoms with E-state index < -0.39 is 30.4 Å². The number of carbonyl (C=O) groups excluding carboxylic acids is 1. The number of anilines is 1. The summed E-state index contributed by atoms with van der Waals surface area (Å²) >= 11 is 1.07. The molecule has 2 unspecified atom stereocenters. The van der Waals surface area contributed by atoms with E-state index in [0.29, 0.717) is 21.1 Å². The van der Waals surface area contributed by atoms with Gasteiger partial charge in [0, 0.05) is 18.1 Å². The molecule has 0 amide bonds. The van der Waals surface area contributed by atoms with Gasteiger partial charge in [0.2, 0.25) is 6.35 Å². The van der Waals surface area contributed by atoms with Gasteiger partial charge in [-0.1, -0.05) is 0 Å². The number of halogens is 3. The molecule has 2 N–H and O–H groups in total. The Morgan fingerprint density at radius 1 is 1.32 bits per heavy atom. The Kier molecular flexibility index (Phi) is 5.26. The number of ether oxygens (including phenoxy) is 1. The summed E-state index contributed by atoms with van der Waals surface area (Å²) in [5.41, 5.74) is -0.865.